The SMILES string of the molecule is Nc1nc2c(ncn2[C@@H]2O[C@@H]3COP(=O)(S)OC4[C@@H](COP(=O)(S)O[C@H]2[C@H]3O)O[C@@H](n2ccc3c(N)ncnc32)[C@H]4O)c(=O)[nH]1. The summed E-state index contributed by atoms with van der Waals surface area (Å²) in [6.45, 7) is -9.82. The molecule has 20 nitrogen and oxygen atoms in total. The zero-order chi connectivity index (χ0) is 31.8. The van der Waals surface area contributed by atoms with E-state index in [0.717, 1.165) is 0 Å². The van der Waals surface area contributed by atoms with Crippen molar-refractivity contribution in [3.8, 4) is 0 Å². The van der Waals surface area contributed by atoms with E-state index in [2.05, 4.69) is 49.4 Å². The van der Waals surface area contributed by atoms with Crippen molar-refractivity contribution in [1.29, 1.82) is 0 Å². The molecule has 2 bridgehead atoms. The highest BCUT2D eigenvalue weighted by Gasteiger charge is 2.53. The van der Waals surface area contributed by atoms with Crippen LogP contribution in [-0.4, -0.2) is 94.1 Å². The Bertz CT molecular complexity index is 1940. The number of nitrogens with two attached hydrogens (primary N) is 2. The van der Waals surface area contributed by atoms with Crippen LogP contribution in [0.1, 0.15) is 12.5 Å². The maximum Gasteiger partial charge on any atom is 0.386 e. The molecule has 3 fully saturated rings. The van der Waals surface area contributed by atoms with Crippen molar-refractivity contribution in [3.63, 3.8) is 0 Å². The number of aliphatic hydroxyl groups excluding tert-OH is 2. The summed E-state index contributed by atoms with van der Waals surface area (Å²) in [4.78, 5) is 30.9. The fraction of sp³-hybridized carbons (Fsp3) is 0.476. The normalized spacial score (nSPS) is 37.7. The molecule has 0 radical (unpaired) electrons. The van der Waals surface area contributed by atoms with Gasteiger partial charge >= 0.3 is 13.6 Å². The van der Waals surface area contributed by atoms with Crippen molar-refractivity contribution in [2.45, 2.75) is 49.1 Å². The molecular weight excluding hydrogens is 680 g/mol. The van der Waals surface area contributed by atoms with E-state index in [1.165, 1.54) is 21.8 Å². The molecule has 7 rings (SSSR count). The van der Waals surface area contributed by atoms with Gasteiger partial charge in [-0.3, -0.25) is 32.4 Å². The van der Waals surface area contributed by atoms with Crippen LogP contribution in [0.2, 0.25) is 0 Å². The highest BCUT2D eigenvalue weighted by molar-refractivity contribution is 8.44. The molecule has 0 spiro atoms. The van der Waals surface area contributed by atoms with Gasteiger partial charge in [-0.2, -0.15) is 4.98 Å². The smallest absolute Gasteiger partial charge is 0.386 e. The molecule has 0 saturated carbocycles. The monoisotopic (exact) mass is 705 g/mol. The number of anilines is 2. The molecule has 45 heavy (non-hydrogen) atoms. The van der Waals surface area contributed by atoms with Crippen LogP contribution >= 0.6 is 38.1 Å². The molecule has 4 aromatic heterocycles. The lowest BCUT2D eigenvalue weighted by molar-refractivity contribution is -0.0574. The number of nitrogen functional groups attached to an aromatic ring is 2. The molecule has 3 aliphatic rings. The van der Waals surface area contributed by atoms with Crippen LogP contribution < -0.4 is 17.0 Å². The first-order valence-corrected chi connectivity index (χ1v) is 18.5. The fourth-order valence-corrected chi connectivity index (χ4v) is 8.39. The van der Waals surface area contributed by atoms with Gasteiger partial charge in [0.25, 0.3) is 5.56 Å². The van der Waals surface area contributed by atoms with E-state index >= 15 is 0 Å². The van der Waals surface area contributed by atoms with E-state index in [1.807, 2.05) is 0 Å². The Morgan fingerprint density at radius 3 is 2.36 bits per heavy atom. The standard InChI is InChI=1S/C21H25N9O11P2S2/c22-15-7-1-2-29(16(7)25-5-24-15)19-12(32)13-9(39-19)4-37-43(35,45)41-14-11(31)8(3-36-42(34,44)40-13)38-20(14)30-6-26-10-17(30)27-21(23)28-18(10)33/h1-2,5-6,8-9,11-14,19-20,31-32H,3-4H2,(H,34,44)(H,35,45)(H2,22,24,25)(H3,23,27,28,33)/t8-,9-,11+,12+,13?,14+,19-,20-,42?,43?/m1/s1. The second kappa shape index (κ2) is 11.3. The van der Waals surface area contributed by atoms with Crippen LogP contribution in [0.4, 0.5) is 11.8 Å². The average molecular weight is 706 g/mol. The lowest BCUT2D eigenvalue weighted by Crippen LogP contribution is -2.35. The van der Waals surface area contributed by atoms with Gasteiger partial charge < -0.3 is 35.7 Å². The highest BCUT2D eigenvalue weighted by Crippen LogP contribution is 2.60. The van der Waals surface area contributed by atoms with Crippen LogP contribution in [0.5, 0.6) is 0 Å². The van der Waals surface area contributed by atoms with Gasteiger partial charge in [0.2, 0.25) is 5.95 Å². The lowest BCUT2D eigenvalue weighted by atomic mass is 10.1. The third-order valence-corrected chi connectivity index (χ3v) is 10.7. The molecular formula is C21H25N9O11P2S2. The zero-order valence-electron chi connectivity index (χ0n) is 22.5. The Hall–Kier alpha value is -2.59. The van der Waals surface area contributed by atoms with Crippen LogP contribution in [-0.2, 0) is 36.7 Å². The van der Waals surface area contributed by atoms with Crippen LogP contribution in [0, 0.1) is 0 Å². The fourth-order valence-electron chi connectivity index (χ4n) is 5.44. The Labute approximate surface area is 261 Å². The number of aromatic amines is 1. The third-order valence-electron chi connectivity index (χ3n) is 7.47. The minimum absolute atomic E-state index is 0.0327. The maximum atomic E-state index is 13.5. The first-order valence-electron chi connectivity index (χ1n) is 13.1. The first kappa shape index (κ1) is 31.0. The number of thiol groups is 2. The summed E-state index contributed by atoms with van der Waals surface area (Å²) in [5.74, 6) is -0.0269. The summed E-state index contributed by atoms with van der Waals surface area (Å²) in [5, 5.41) is 22.9. The number of aliphatic hydroxyl groups is 2. The second-order valence-electron chi connectivity index (χ2n) is 10.3. The van der Waals surface area contributed by atoms with Gasteiger partial charge in [-0.05, 0) is 6.07 Å². The average Bonchev–Trinajstić information content (AvgIpc) is 3.72. The summed E-state index contributed by atoms with van der Waals surface area (Å²) < 4.78 is 63.9. The van der Waals surface area contributed by atoms with E-state index in [1.54, 1.807) is 12.3 Å². The number of imidazole rings is 1. The van der Waals surface area contributed by atoms with E-state index in [-0.39, 0.29) is 22.9 Å². The molecule has 10 atom stereocenters. The van der Waals surface area contributed by atoms with Crippen molar-refractivity contribution in [2.24, 2.45) is 0 Å². The van der Waals surface area contributed by atoms with Crippen LogP contribution in [0.15, 0.2) is 29.7 Å². The van der Waals surface area contributed by atoms with Crippen LogP contribution in [0.25, 0.3) is 22.2 Å². The van der Waals surface area contributed by atoms with Crippen molar-refractivity contribution in [3.05, 3.63) is 35.3 Å². The second-order valence-corrected chi connectivity index (χ2v) is 16.0. The van der Waals surface area contributed by atoms with Gasteiger partial charge in [-0.15, -0.1) is 0 Å². The van der Waals surface area contributed by atoms with E-state index in [4.69, 9.17) is 39.0 Å². The zero-order valence-corrected chi connectivity index (χ0v) is 26.1. The Morgan fingerprint density at radius 2 is 1.60 bits per heavy atom. The topological polar surface area (TPSA) is 276 Å². The highest BCUT2D eigenvalue weighted by atomic mass is 32.7. The molecule has 3 saturated heterocycles. The number of ether oxygens (including phenoxy) is 2. The summed E-state index contributed by atoms with van der Waals surface area (Å²) in [5.41, 5.74) is 11.2. The molecule has 0 amide bonds. The third kappa shape index (κ3) is 5.57. The molecule has 7 heterocycles. The quantitative estimate of drug-likeness (QED) is 0.108. The molecule has 7 N–H and O–H groups in total. The molecule has 3 unspecified atom stereocenters. The molecule has 0 aromatic carbocycles. The van der Waals surface area contributed by atoms with Crippen molar-refractivity contribution >= 4 is 72.1 Å². The van der Waals surface area contributed by atoms with Crippen LogP contribution in [0.3, 0.4) is 0 Å². The molecule has 0 aliphatic carbocycles. The summed E-state index contributed by atoms with van der Waals surface area (Å²) in [6.07, 6.45) is -6.96. The van der Waals surface area contributed by atoms with Gasteiger partial charge in [0.15, 0.2) is 23.6 Å². The Balaban J connectivity index is 1.21. The molecule has 242 valence electrons. The summed E-state index contributed by atoms with van der Waals surface area (Å²) in [6, 6.07) is 1.62. The predicted molar refractivity (Wildman–Crippen MR) is 159 cm³/mol. The van der Waals surface area contributed by atoms with Crippen molar-refractivity contribution in [1.82, 2.24) is 34.1 Å². The summed E-state index contributed by atoms with van der Waals surface area (Å²) >= 11 is 8.14. The molecule has 4 aromatic rings. The van der Waals surface area contributed by atoms with Gasteiger partial charge in [-0.25, -0.2) is 24.1 Å². The number of nitrogens with zero attached hydrogens (tertiary/aromatic N) is 6. The number of fused-ring (bicyclic) bond motifs is 5. The number of nitrogens with one attached hydrogen (secondary N) is 1. The van der Waals surface area contributed by atoms with Gasteiger partial charge in [-0.1, -0.05) is 24.5 Å². The molecule has 24 heteroatoms. The van der Waals surface area contributed by atoms with E-state index in [9.17, 15) is 24.1 Å². The van der Waals surface area contributed by atoms with E-state index < -0.39 is 81.4 Å². The number of aromatic nitrogens is 7. The van der Waals surface area contributed by atoms with Gasteiger partial charge in [0, 0.05) is 6.20 Å². The number of rotatable bonds is 2. The van der Waals surface area contributed by atoms with Crippen molar-refractivity contribution in [2.75, 3.05) is 24.7 Å². The van der Waals surface area contributed by atoms with E-state index in [0.29, 0.717) is 11.0 Å². The Kier molecular flexibility index (Phi) is 7.78. The largest absolute Gasteiger partial charge is 0.387 e. The van der Waals surface area contributed by atoms with Crippen molar-refractivity contribution < 1.29 is 46.9 Å². The molecule has 3 aliphatic heterocycles. The maximum absolute atomic E-state index is 13.5. The first-order chi connectivity index (χ1) is 21.3. The number of hydrogen-bond donors (Lipinski definition) is 7. The number of hydrogen-bond acceptors (Lipinski definition) is 17. The van der Waals surface area contributed by atoms with Gasteiger partial charge in [0.05, 0.1) is 24.9 Å². The predicted octanol–water partition coefficient (Wildman–Crippen LogP) is 0.138. The minimum Gasteiger partial charge on any atom is -0.387 e. The number of H-pyrrole nitrogens is 1. The Morgan fingerprint density at radius 1 is 0.911 bits per heavy atom. The van der Waals surface area contributed by atoms with Gasteiger partial charge in [0.1, 0.15) is 54.4 Å². The summed E-state index contributed by atoms with van der Waals surface area (Å²) in [7, 11) is 0. The minimum atomic E-state index is -4.36. The lowest BCUT2D eigenvalue weighted by Gasteiger charge is -2.26.